The van der Waals surface area contributed by atoms with E-state index < -0.39 is 0 Å². The summed E-state index contributed by atoms with van der Waals surface area (Å²) in [5.41, 5.74) is 2.35. The number of nitrogens with one attached hydrogen (secondary N) is 2. The van der Waals surface area contributed by atoms with E-state index in [-0.39, 0.29) is 5.91 Å². The van der Waals surface area contributed by atoms with Gasteiger partial charge in [0.05, 0.1) is 5.75 Å². The summed E-state index contributed by atoms with van der Waals surface area (Å²) in [5, 5.41) is 8.07. The van der Waals surface area contributed by atoms with Crippen molar-refractivity contribution in [2.45, 2.75) is 11.4 Å². The monoisotopic (exact) mass is 368 g/mol. The fourth-order valence-electron chi connectivity index (χ4n) is 2.74. The van der Waals surface area contributed by atoms with E-state index in [1.54, 1.807) is 17.7 Å². The third-order valence-corrected chi connectivity index (χ3v) is 5.78. The van der Waals surface area contributed by atoms with Gasteiger partial charge in [-0.25, -0.2) is 9.97 Å². The van der Waals surface area contributed by atoms with Gasteiger partial charge >= 0.3 is 0 Å². The number of aromatic nitrogens is 3. The number of fused-ring (bicyclic) bond motifs is 2. The van der Waals surface area contributed by atoms with Gasteiger partial charge in [0.1, 0.15) is 16.2 Å². The molecule has 0 saturated carbocycles. The average Bonchev–Trinajstić information content (AvgIpc) is 3.27. The van der Waals surface area contributed by atoms with Crippen molar-refractivity contribution >= 4 is 50.1 Å². The molecule has 25 heavy (non-hydrogen) atoms. The minimum atomic E-state index is 0.0202. The van der Waals surface area contributed by atoms with Gasteiger partial charge in [0.25, 0.3) is 0 Å². The predicted octanol–water partition coefficient (Wildman–Crippen LogP) is 3.62. The Morgan fingerprint density at radius 1 is 1.20 bits per heavy atom. The van der Waals surface area contributed by atoms with E-state index in [0.29, 0.717) is 12.3 Å². The Bertz CT molecular complexity index is 1020. The second kappa shape index (κ2) is 7.25. The predicted molar refractivity (Wildman–Crippen MR) is 103 cm³/mol. The first-order valence-corrected chi connectivity index (χ1v) is 9.80. The number of para-hydroxylation sites is 1. The zero-order valence-corrected chi connectivity index (χ0v) is 15.0. The van der Waals surface area contributed by atoms with Crippen molar-refractivity contribution in [3.63, 3.8) is 0 Å². The maximum atomic E-state index is 12.1. The van der Waals surface area contributed by atoms with E-state index in [2.05, 4.69) is 32.4 Å². The normalized spacial score (nSPS) is 11.2. The SMILES string of the molecule is O=C(CSc1ncnc2sccc12)NCCc1c[nH]c2ccccc12. The lowest BCUT2D eigenvalue weighted by Gasteiger charge is -2.05. The van der Waals surface area contributed by atoms with Crippen LogP contribution in [0.1, 0.15) is 5.56 Å². The summed E-state index contributed by atoms with van der Waals surface area (Å²) in [6.45, 7) is 0.624. The van der Waals surface area contributed by atoms with E-state index in [9.17, 15) is 4.79 Å². The maximum absolute atomic E-state index is 12.1. The Labute approximate surface area is 152 Å². The zero-order chi connectivity index (χ0) is 17.1. The first-order valence-electron chi connectivity index (χ1n) is 7.94. The molecule has 4 rings (SSSR count). The largest absolute Gasteiger partial charge is 0.361 e. The Morgan fingerprint density at radius 2 is 2.12 bits per heavy atom. The number of carbonyl (C=O) groups excluding carboxylic acids is 1. The molecule has 1 amide bonds. The molecule has 0 radical (unpaired) electrons. The van der Waals surface area contributed by atoms with Crippen LogP contribution in [0.15, 0.2) is 53.3 Å². The van der Waals surface area contributed by atoms with Gasteiger partial charge in [0, 0.05) is 29.0 Å². The van der Waals surface area contributed by atoms with Crippen molar-refractivity contribution in [2.75, 3.05) is 12.3 Å². The molecule has 2 N–H and O–H groups in total. The molecular formula is C18H16N4OS2. The number of H-pyrrole nitrogens is 1. The van der Waals surface area contributed by atoms with Crippen molar-refractivity contribution in [3.05, 3.63) is 53.8 Å². The van der Waals surface area contributed by atoms with Crippen LogP contribution >= 0.6 is 23.1 Å². The van der Waals surface area contributed by atoms with Crippen LogP contribution in [0.25, 0.3) is 21.1 Å². The van der Waals surface area contributed by atoms with Crippen molar-refractivity contribution in [3.8, 4) is 0 Å². The smallest absolute Gasteiger partial charge is 0.230 e. The quantitative estimate of drug-likeness (QED) is 0.403. The van der Waals surface area contributed by atoms with Gasteiger partial charge in [-0.3, -0.25) is 4.79 Å². The number of benzene rings is 1. The van der Waals surface area contributed by atoms with Gasteiger partial charge in [-0.05, 0) is 29.5 Å². The topological polar surface area (TPSA) is 70.7 Å². The summed E-state index contributed by atoms with van der Waals surface area (Å²) in [7, 11) is 0. The molecular weight excluding hydrogens is 352 g/mol. The lowest BCUT2D eigenvalue weighted by Crippen LogP contribution is -2.27. The Morgan fingerprint density at radius 3 is 3.08 bits per heavy atom. The number of nitrogens with zero attached hydrogens (tertiary/aromatic N) is 2. The maximum Gasteiger partial charge on any atom is 0.230 e. The van der Waals surface area contributed by atoms with E-state index in [1.807, 2.05) is 29.8 Å². The van der Waals surface area contributed by atoms with Crippen LogP contribution in [0.4, 0.5) is 0 Å². The van der Waals surface area contributed by atoms with Crippen LogP contribution in [0.3, 0.4) is 0 Å². The van der Waals surface area contributed by atoms with Crippen LogP contribution in [0, 0.1) is 0 Å². The van der Waals surface area contributed by atoms with Crippen molar-refractivity contribution in [2.24, 2.45) is 0 Å². The standard InChI is InChI=1S/C18H16N4OS2/c23-16(10-25-18-14-6-8-24-17(14)21-11-22-18)19-7-5-12-9-20-15-4-2-1-3-13(12)15/h1-4,6,8-9,11,20H,5,7,10H2,(H,19,23). The van der Waals surface area contributed by atoms with Crippen LogP contribution in [-0.2, 0) is 11.2 Å². The minimum Gasteiger partial charge on any atom is -0.361 e. The molecule has 0 aliphatic rings. The van der Waals surface area contributed by atoms with Crippen molar-refractivity contribution in [1.29, 1.82) is 0 Å². The molecule has 3 heterocycles. The van der Waals surface area contributed by atoms with E-state index in [1.165, 1.54) is 22.7 Å². The van der Waals surface area contributed by atoms with Crippen LogP contribution in [0.2, 0.25) is 0 Å². The molecule has 0 saturated heterocycles. The summed E-state index contributed by atoms with van der Waals surface area (Å²) in [6.07, 6.45) is 4.37. The van der Waals surface area contributed by atoms with Gasteiger partial charge in [-0.2, -0.15) is 0 Å². The fraction of sp³-hybridized carbons (Fsp3) is 0.167. The Kier molecular flexibility index (Phi) is 4.67. The molecule has 0 spiro atoms. The molecule has 1 aromatic carbocycles. The number of aromatic amines is 1. The number of rotatable bonds is 6. The fourth-order valence-corrected chi connectivity index (χ4v) is 4.35. The van der Waals surface area contributed by atoms with E-state index >= 15 is 0 Å². The molecule has 4 aromatic rings. The third kappa shape index (κ3) is 3.52. The number of hydrogen-bond acceptors (Lipinski definition) is 5. The molecule has 0 atom stereocenters. The first kappa shape index (κ1) is 16.1. The molecule has 5 nitrogen and oxygen atoms in total. The second-order valence-corrected chi connectivity index (χ2v) is 7.42. The molecule has 126 valence electrons. The number of hydrogen-bond donors (Lipinski definition) is 2. The minimum absolute atomic E-state index is 0.0202. The van der Waals surface area contributed by atoms with Crippen molar-refractivity contribution < 1.29 is 4.79 Å². The molecule has 0 bridgehead atoms. The summed E-state index contributed by atoms with van der Waals surface area (Å²) < 4.78 is 0. The third-order valence-electron chi connectivity index (χ3n) is 3.96. The van der Waals surface area contributed by atoms with Gasteiger partial charge in [-0.15, -0.1) is 11.3 Å². The number of thioether (sulfide) groups is 1. The molecule has 0 aliphatic heterocycles. The second-order valence-electron chi connectivity index (χ2n) is 5.57. The first-order chi connectivity index (χ1) is 12.3. The highest BCUT2D eigenvalue weighted by Gasteiger charge is 2.09. The van der Waals surface area contributed by atoms with Crippen LogP contribution < -0.4 is 5.32 Å². The molecule has 3 aromatic heterocycles. The van der Waals surface area contributed by atoms with Crippen LogP contribution in [0.5, 0.6) is 0 Å². The highest BCUT2D eigenvalue weighted by Crippen LogP contribution is 2.27. The number of thiophene rings is 1. The van der Waals surface area contributed by atoms with Gasteiger partial charge < -0.3 is 10.3 Å². The highest BCUT2D eigenvalue weighted by atomic mass is 32.2. The van der Waals surface area contributed by atoms with Gasteiger partial charge in [0.15, 0.2) is 0 Å². The van der Waals surface area contributed by atoms with Crippen LogP contribution in [-0.4, -0.2) is 33.2 Å². The number of amides is 1. The summed E-state index contributed by atoms with van der Waals surface area (Å²) in [6, 6.07) is 10.2. The summed E-state index contributed by atoms with van der Waals surface area (Å²) in [5.74, 6) is 0.377. The van der Waals surface area contributed by atoms with Gasteiger partial charge in [0.2, 0.25) is 5.91 Å². The average molecular weight is 368 g/mol. The highest BCUT2D eigenvalue weighted by molar-refractivity contribution is 8.00. The molecule has 0 fully saturated rings. The Balaban J connectivity index is 1.30. The lowest BCUT2D eigenvalue weighted by molar-refractivity contribution is -0.118. The van der Waals surface area contributed by atoms with Crippen molar-refractivity contribution in [1.82, 2.24) is 20.3 Å². The molecule has 7 heteroatoms. The van der Waals surface area contributed by atoms with E-state index in [0.717, 1.165) is 27.2 Å². The summed E-state index contributed by atoms with van der Waals surface area (Å²) in [4.78, 5) is 24.8. The lowest BCUT2D eigenvalue weighted by atomic mass is 10.1. The van der Waals surface area contributed by atoms with Gasteiger partial charge in [-0.1, -0.05) is 30.0 Å². The summed E-state index contributed by atoms with van der Waals surface area (Å²) >= 11 is 3.03. The molecule has 0 aliphatic carbocycles. The van der Waals surface area contributed by atoms with E-state index in [4.69, 9.17) is 0 Å². The Hall–Kier alpha value is -2.38. The molecule has 0 unspecified atom stereocenters. The number of carbonyl (C=O) groups is 1. The zero-order valence-electron chi connectivity index (χ0n) is 13.4.